The Kier molecular flexibility index (Phi) is 7.71. The van der Waals surface area contributed by atoms with Gasteiger partial charge in [0.1, 0.15) is 12.4 Å². The molecule has 0 fully saturated rings. The zero-order valence-electron chi connectivity index (χ0n) is 18.0. The number of Topliss-reactive ketones (excluding diaryl/α,β-unsaturated/α-hetero) is 1. The average Bonchev–Trinajstić information content (AvgIpc) is 3.34. The van der Waals surface area contributed by atoms with Crippen molar-refractivity contribution in [2.45, 2.75) is 44.2 Å². The number of imidazole rings is 1. The molecule has 0 bridgehead atoms. The van der Waals surface area contributed by atoms with Gasteiger partial charge in [-0.25, -0.2) is 17.7 Å². The molecule has 32 heavy (non-hydrogen) atoms. The minimum atomic E-state index is -3.59. The number of esters is 1. The summed E-state index contributed by atoms with van der Waals surface area (Å²) in [5, 5.41) is 0. The topological polar surface area (TPSA) is 98.6 Å². The number of benzene rings is 1. The van der Waals surface area contributed by atoms with E-state index in [1.54, 1.807) is 24.3 Å². The zero-order chi connectivity index (χ0) is 23.5. The number of aryl methyl sites for hydroxylation is 1. The lowest BCUT2D eigenvalue weighted by atomic mass is 10.2. The van der Waals surface area contributed by atoms with Gasteiger partial charge in [-0.3, -0.25) is 9.59 Å². The van der Waals surface area contributed by atoms with Gasteiger partial charge in [0.25, 0.3) is 0 Å². The number of ether oxygens (including phenoxy) is 1. The summed E-state index contributed by atoms with van der Waals surface area (Å²) in [5.41, 5.74) is 1.28. The number of ketones is 1. The van der Waals surface area contributed by atoms with Crippen molar-refractivity contribution >= 4 is 55.7 Å². The summed E-state index contributed by atoms with van der Waals surface area (Å²) in [7, 11) is -0.647. The molecule has 0 aliphatic carbocycles. The molecule has 0 saturated carbocycles. The Morgan fingerprint density at radius 3 is 2.56 bits per heavy atom. The summed E-state index contributed by atoms with van der Waals surface area (Å²) >= 11 is 7.02. The van der Waals surface area contributed by atoms with E-state index in [-0.39, 0.29) is 30.1 Å². The van der Waals surface area contributed by atoms with Gasteiger partial charge in [-0.05, 0) is 36.8 Å². The smallest absolute Gasteiger partial charge is 0.306 e. The first-order valence-corrected chi connectivity index (χ1v) is 12.6. The van der Waals surface area contributed by atoms with E-state index in [1.165, 1.54) is 31.5 Å². The number of nitrogens with zero attached hydrogens (tertiary/aromatic N) is 3. The molecule has 0 aliphatic heterocycles. The van der Waals surface area contributed by atoms with E-state index < -0.39 is 16.0 Å². The molecule has 2 aromatic heterocycles. The molecule has 8 nitrogen and oxygen atoms in total. The highest BCUT2D eigenvalue weighted by Crippen LogP contribution is 2.24. The Bertz CT molecular complexity index is 1250. The van der Waals surface area contributed by atoms with Crippen molar-refractivity contribution in [2.75, 3.05) is 14.1 Å². The number of rotatable bonds is 10. The van der Waals surface area contributed by atoms with Crippen LogP contribution in [0.15, 0.2) is 35.2 Å². The molecule has 0 amide bonds. The van der Waals surface area contributed by atoms with Gasteiger partial charge in [-0.1, -0.05) is 18.5 Å². The third kappa shape index (κ3) is 5.37. The standard InChI is InChI=1S/C21H24ClN3O5S2/c1-4-11-25-16-6-5-14(32(28,29)24(2)3)12-15(16)23-20(25)13-30-21(27)10-7-17(26)18-8-9-19(22)31-18/h5-6,8-9,12H,4,7,10-11,13H2,1-3H3. The fraction of sp³-hybridized carbons (Fsp3) is 0.381. The fourth-order valence-electron chi connectivity index (χ4n) is 3.13. The van der Waals surface area contributed by atoms with Crippen LogP contribution in [0.2, 0.25) is 4.34 Å². The highest BCUT2D eigenvalue weighted by atomic mass is 35.5. The van der Waals surface area contributed by atoms with Gasteiger partial charge in [0.2, 0.25) is 10.0 Å². The Morgan fingerprint density at radius 2 is 1.94 bits per heavy atom. The highest BCUT2D eigenvalue weighted by Gasteiger charge is 2.20. The maximum Gasteiger partial charge on any atom is 0.306 e. The highest BCUT2D eigenvalue weighted by molar-refractivity contribution is 7.89. The Morgan fingerprint density at radius 1 is 1.19 bits per heavy atom. The quantitative estimate of drug-likeness (QED) is 0.308. The number of fused-ring (bicyclic) bond motifs is 1. The van der Waals surface area contributed by atoms with Gasteiger partial charge >= 0.3 is 5.97 Å². The number of sulfonamides is 1. The van der Waals surface area contributed by atoms with E-state index in [0.29, 0.717) is 27.1 Å². The van der Waals surface area contributed by atoms with Crippen molar-refractivity contribution < 1.29 is 22.7 Å². The third-order valence-electron chi connectivity index (χ3n) is 4.79. The molecule has 172 valence electrons. The third-order valence-corrected chi connectivity index (χ3v) is 7.87. The summed E-state index contributed by atoms with van der Waals surface area (Å²) in [5.74, 6) is -0.148. The molecule has 0 N–H and O–H groups in total. The normalized spacial score (nSPS) is 11.9. The Hall–Kier alpha value is -2.27. The van der Waals surface area contributed by atoms with Gasteiger partial charge in [-0.15, -0.1) is 11.3 Å². The lowest BCUT2D eigenvalue weighted by molar-refractivity contribution is -0.145. The second kappa shape index (κ2) is 10.1. The first kappa shape index (κ1) is 24.4. The number of carbonyl (C=O) groups excluding carboxylic acids is 2. The summed E-state index contributed by atoms with van der Waals surface area (Å²) in [6.07, 6.45) is 0.808. The van der Waals surface area contributed by atoms with E-state index >= 15 is 0 Å². The minimum Gasteiger partial charge on any atom is -0.457 e. The number of carbonyl (C=O) groups is 2. The average molecular weight is 498 g/mol. The van der Waals surface area contributed by atoms with E-state index in [9.17, 15) is 18.0 Å². The van der Waals surface area contributed by atoms with Gasteiger partial charge in [-0.2, -0.15) is 0 Å². The molecular weight excluding hydrogens is 474 g/mol. The van der Waals surface area contributed by atoms with Crippen molar-refractivity contribution in [1.29, 1.82) is 0 Å². The largest absolute Gasteiger partial charge is 0.457 e. The maximum atomic E-state index is 12.4. The summed E-state index contributed by atoms with van der Waals surface area (Å²) in [4.78, 5) is 29.5. The van der Waals surface area contributed by atoms with E-state index in [0.717, 1.165) is 16.2 Å². The van der Waals surface area contributed by atoms with Crippen LogP contribution in [0, 0.1) is 0 Å². The van der Waals surface area contributed by atoms with Crippen LogP contribution in [0.4, 0.5) is 0 Å². The zero-order valence-corrected chi connectivity index (χ0v) is 20.4. The van der Waals surface area contributed by atoms with Crippen LogP contribution in [0.3, 0.4) is 0 Å². The van der Waals surface area contributed by atoms with Gasteiger partial charge in [0.05, 0.1) is 31.6 Å². The predicted octanol–water partition coefficient (Wildman–Crippen LogP) is 4.12. The first-order chi connectivity index (χ1) is 15.1. The second-order valence-electron chi connectivity index (χ2n) is 7.31. The van der Waals surface area contributed by atoms with E-state index in [4.69, 9.17) is 16.3 Å². The van der Waals surface area contributed by atoms with Crippen LogP contribution in [0.1, 0.15) is 41.7 Å². The molecule has 11 heteroatoms. The lowest BCUT2D eigenvalue weighted by Crippen LogP contribution is -2.22. The monoisotopic (exact) mass is 497 g/mol. The molecule has 0 atom stereocenters. The van der Waals surface area contributed by atoms with Crippen molar-refractivity contribution in [2.24, 2.45) is 0 Å². The number of hydrogen-bond donors (Lipinski definition) is 0. The van der Waals surface area contributed by atoms with Crippen LogP contribution >= 0.6 is 22.9 Å². The van der Waals surface area contributed by atoms with Crippen molar-refractivity contribution in [1.82, 2.24) is 13.9 Å². The van der Waals surface area contributed by atoms with Crippen molar-refractivity contribution in [3.8, 4) is 0 Å². The van der Waals surface area contributed by atoms with Gasteiger partial charge in [0.15, 0.2) is 5.78 Å². The molecular formula is C21H24ClN3O5S2. The second-order valence-corrected chi connectivity index (χ2v) is 11.2. The van der Waals surface area contributed by atoms with Crippen molar-refractivity contribution in [3.63, 3.8) is 0 Å². The van der Waals surface area contributed by atoms with Gasteiger partial charge in [0, 0.05) is 27.1 Å². The molecule has 2 heterocycles. The van der Waals surface area contributed by atoms with E-state index in [2.05, 4.69) is 4.98 Å². The number of aromatic nitrogens is 2. The Balaban J connectivity index is 1.72. The SMILES string of the molecule is CCCn1c(COC(=O)CCC(=O)c2ccc(Cl)s2)nc2cc(S(=O)(=O)N(C)C)ccc21. The summed E-state index contributed by atoms with van der Waals surface area (Å²) < 4.78 is 33.8. The van der Waals surface area contributed by atoms with Crippen LogP contribution in [-0.4, -0.2) is 48.1 Å². The maximum absolute atomic E-state index is 12.4. The summed E-state index contributed by atoms with van der Waals surface area (Å²) in [6.45, 7) is 2.58. The molecule has 0 unspecified atom stereocenters. The number of hydrogen-bond acceptors (Lipinski definition) is 7. The van der Waals surface area contributed by atoms with Gasteiger partial charge < -0.3 is 9.30 Å². The van der Waals surface area contributed by atoms with E-state index in [1.807, 2.05) is 11.5 Å². The van der Waals surface area contributed by atoms with Crippen LogP contribution in [0.5, 0.6) is 0 Å². The molecule has 0 radical (unpaired) electrons. The summed E-state index contributed by atoms with van der Waals surface area (Å²) in [6, 6.07) is 8.06. The number of halogens is 1. The van der Waals surface area contributed by atoms with Crippen LogP contribution in [-0.2, 0) is 32.7 Å². The first-order valence-electron chi connectivity index (χ1n) is 9.99. The molecule has 3 aromatic rings. The molecule has 3 rings (SSSR count). The minimum absolute atomic E-state index is 0.0345. The Labute approximate surface area is 195 Å². The molecule has 0 saturated heterocycles. The molecule has 0 aliphatic rings. The lowest BCUT2D eigenvalue weighted by Gasteiger charge is -2.11. The van der Waals surface area contributed by atoms with Crippen LogP contribution < -0.4 is 0 Å². The predicted molar refractivity (Wildman–Crippen MR) is 124 cm³/mol. The molecule has 1 aromatic carbocycles. The number of thiophene rings is 1. The fourth-order valence-corrected chi connectivity index (χ4v) is 5.07. The van der Waals surface area contributed by atoms with Crippen LogP contribution in [0.25, 0.3) is 11.0 Å². The van der Waals surface area contributed by atoms with Crippen molar-refractivity contribution in [3.05, 3.63) is 45.4 Å². The molecule has 0 spiro atoms.